The molecule has 0 amide bonds. The number of unbranched alkanes of at least 4 members (excludes halogenated alkanes) is 2. The fourth-order valence-corrected chi connectivity index (χ4v) is 1.58. The van der Waals surface area contributed by atoms with Gasteiger partial charge in [0.1, 0.15) is 0 Å². The van der Waals surface area contributed by atoms with Gasteiger partial charge in [0.15, 0.2) is 0 Å². The molecule has 1 aromatic carbocycles. The summed E-state index contributed by atoms with van der Waals surface area (Å²) in [6, 6.07) is 5.95. The Hall–Kier alpha value is -1.39. The summed E-state index contributed by atoms with van der Waals surface area (Å²) in [5, 5.41) is 0. The molecule has 0 aromatic heterocycles. The Balaban J connectivity index is 0.000000555. The first-order valence-electron chi connectivity index (χ1n) is 6.81. The van der Waals surface area contributed by atoms with Gasteiger partial charge in [0.2, 0.25) is 0 Å². The van der Waals surface area contributed by atoms with Crippen LogP contribution in [0.25, 0.3) is 6.08 Å². The first-order chi connectivity index (χ1) is 9.04. The van der Waals surface area contributed by atoms with E-state index in [0.717, 1.165) is 16.0 Å². The first kappa shape index (κ1) is 17.6. The van der Waals surface area contributed by atoms with Crippen molar-refractivity contribution in [3.63, 3.8) is 0 Å². The zero-order valence-electron chi connectivity index (χ0n) is 12.5. The van der Waals surface area contributed by atoms with Crippen LogP contribution in [0.15, 0.2) is 24.3 Å². The van der Waals surface area contributed by atoms with Gasteiger partial charge in [-0.25, -0.2) is 0 Å². The Kier molecular flexibility index (Phi) is 9.75. The number of thiocarbonyl (C=S) groups is 1. The molecule has 0 N–H and O–H groups in total. The normalized spacial score (nSPS) is 9.63. The van der Waals surface area contributed by atoms with E-state index in [1.165, 1.54) is 24.8 Å². The summed E-state index contributed by atoms with van der Waals surface area (Å²) < 4.78 is 0. The van der Waals surface area contributed by atoms with E-state index >= 15 is 0 Å². The molecule has 1 heteroatoms. The lowest BCUT2D eigenvalue weighted by molar-refractivity contribution is 0.772. The lowest BCUT2D eigenvalue weighted by atomic mass is 10.0. The van der Waals surface area contributed by atoms with E-state index in [1.807, 2.05) is 44.2 Å². The van der Waals surface area contributed by atoms with Gasteiger partial charge >= 0.3 is 0 Å². The number of allylic oxidation sites excluding steroid dienone is 1. The number of hydrogen-bond donors (Lipinski definition) is 0. The molecule has 0 fully saturated rings. The number of terminal acetylenes is 1. The Morgan fingerprint density at radius 1 is 1.32 bits per heavy atom. The van der Waals surface area contributed by atoms with Crippen LogP contribution < -0.4 is 0 Å². The maximum Gasteiger partial charge on any atom is 0.0245 e. The molecule has 0 aliphatic heterocycles. The molecule has 1 rings (SSSR count). The van der Waals surface area contributed by atoms with Gasteiger partial charge in [0, 0.05) is 10.4 Å². The molecule has 0 spiro atoms. The van der Waals surface area contributed by atoms with Crippen LogP contribution in [0, 0.1) is 19.3 Å². The third kappa shape index (κ3) is 8.35. The largest absolute Gasteiger partial charge is 0.115 e. The number of benzene rings is 1. The number of aryl methyl sites for hydroxylation is 1. The third-order valence-electron chi connectivity index (χ3n) is 2.64. The van der Waals surface area contributed by atoms with Crippen LogP contribution >= 0.6 is 12.2 Å². The SMILES string of the molecule is C#Cc1ccc(/C=C\C(C)=S)c(C)c1.CCCCC. The summed E-state index contributed by atoms with van der Waals surface area (Å²) in [5.41, 5.74) is 3.25. The fraction of sp³-hybridized carbons (Fsp3) is 0.389. The number of rotatable bonds is 4. The highest BCUT2D eigenvalue weighted by atomic mass is 32.1. The molecule has 0 saturated heterocycles. The van der Waals surface area contributed by atoms with E-state index in [2.05, 4.69) is 19.8 Å². The van der Waals surface area contributed by atoms with Gasteiger partial charge in [0.25, 0.3) is 0 Å². The molecule has 0 saturated carbocycles. The van der Waals surface area contributed by atoms with Crippen LogP contribution in [-0.4, -0.2) is 4.86 Å². The van der Waals surface area contributed by atoms with Gasteiger partial charge in [-0.2, -0.15) is 0 Å². The van der Waals surface area contributed by atoms with Crippen molar-refractivity contribution in [2.24, 2.45) is 0 Å². The van der Waals surface area contributed by atoms with Crippen LogP contribution in [0.5, 0.6) is 0 Å². The maximum absolute atomic E-state index is 5.30. The smallest absolute Gasteiger partial charge is 0.0245 e. The highest BCUT2D eigenvalue weighted by Gasteiger charge is 1.94. The minimum Gasteiger partial charge on any atom is -0.115 e. The maximum atomic E-state index is 5.30. The molecule has 0 unspecified atom stereocenters. The number of hydrogen-bond acceptors (Lipinski definition) is 1. The molecule has 0 radical (unpaired) electrons. The summed E-state index contributed by atoms with van der Waals surface area (Å²) in [4.78, 5) is 0.880. The van der Waals surface area contributed by atoms with Crippen molar-refractivity contribution in [1.82, 2.24) is 0 Å². The quantitative estimate of drug-likeness (QED) is 0.392. The zero-order chi connectivity index (χ0) is 14.7. The average Bonchev–Trinajstić information content (AvgIpc) is 2.38. The van der Waals surface area contributed by atoms with E-state index < -0.39 is 0 Å². The van der Waals surface area contributed by atoms with Crippen molar-refractivity contribution in [1.29, 1.82) is 0 Å². The molecule has 0 aliphatic carbocycles. The van der Waals surface area contributed by atoms with Crippen molar-refractivity contribution in [2.75, 3.05) is 0 Å². The van der Waals surface area contributed by atoms with Crippen LogP contribution in [0.3, 0.4) is 0 Å². The van der Waals surface area contributed by atoms with Crippen LogP contribution in [0.1, 0.15) is 56.7 Å². The molecule has 1 aromatic rings. The van der Waals surface area contributed by atoms with E-state index in [1.54, 1.807) is 0 Å². The standard InChI is InChI=1S/C13H12S.C5H12/c1-4-12-6-8-13(10(2)9-12)7-5-11(3)14;1-3-5-4-2/h1,5-9H,2-3H3;3-5H2,1-2H3/b7-5-;. The van der Waals surface area contributed by atoms with Crippen molar-refractivity contribution >= 4 is 23.2 Å². The lowest BCUT2D eigenvalue weighted by Crippen LogP contribution is -1.84. The molecular weight excluding hydrogens is 248 g/mol. The second-order valence-electron chi connectivity index (χ2n) is 4.51. The van der Waals surface area contributed by atoms with Crippen molar-refractivity contribution in [2.45, 2.75) is 47.0 Å². The second kappa shape index (κ2) is 10.5. The van der Waals surface area contributed by atoms with Gasteiger partial charge in [-0.1, -0.05) is 63.4 Å². The molecule has 0 aliphatic rings. The Bertz CT molecular complexity index is 459. The summed E-state index contributed by atoms with van der Waals surface area (Å²) in [5.74, 6) is 2.61. The zero-order valence-corrected chi connectivity index (χ0v) is 13.3. The van der Waals surface area contributed by atoms with Crippen molar-refractivity contribution in [3.8, 4) is 12.3 Å². The van der Waals surface area contributed by atoms with Crippen LogP contribution in [0.4, 0.5) is 0 Å². The highest BCUT2D eigenvalue weighted by Crippen LogP contribution is 2.12. The van der Waals surface area contributed by atoms with E-state index in [4.69, 9.17) is 18.6 Å². The first-order valence-corrected chi connectivity index (χ1v) is 7.21. The van der Waals surface area contributed by atoms with Crippen molar-refractivity contribution in [3.05, 3.63) is 41.0 Å². The minimum absolute atomic E-state index is 0.880. The van der Waals surface area contributed by atoms with E-state index in [9.17, 15) is 0 Å². The lowest BCUT2D eigenvalue weighted by Gasteiger charge is -2.00. The summed E-state index contributed by atoms with van der Waals surface area (Å²) in [7, 11) is 0. The van der Waals surface area contributed by atoms with Gasteiger partial charge in [0.05, 0.1) is 0 Å². The molecule has 0 heterocycles. The van der Waals surface area contributed by atoms with E-state index in [0.29, 0.717) is 0 Å². The topological polar surface area (TPSA) is 0 Å². The highest BCUT2D eigenvalue weighted by molar-refractivity contribution is 7.80. The minimum atomic E-state index is 0.880. The van der Waals surface area contributed by atoms with Gasteiger partial charge < -0.3 is 0 Å². The second-order valence-corrected chi connectivity index (χ2v) is 5.16. The monoisotopic (exact) mass is 272 g/mol. The van der Waals surface area contributed by atoms with Gasteiger partial charge in [-0.05, 0) is 43.2 Å². The predicted octanol–water partition coefficient (Wildman–Crippen LogP) is 5.58. The average molecular weight is 272 g/mol. The van der Waals surface area contributed by atoms with Crippen LogP contribution in [0.2, 0.25) is 0 Å². The molecule has 0 atom stereocenters. The Morgan fingerprint density at radius 3 is 2.32 bits per heavy atom. The summed E-state index contributed by atoms with van der Waals surface area (Å²) in [6.45, 7) is 8.36. The Labute approximate surface area is 123 Å². The summed E-state index contributed by atoms with van der Waals surface area (Å²) >= 11 is 4.97. The molecule has 0 nitrogen and oxygen atoms in total. The Morgan fingerprint density at radius 2 is 1.95 bits per heavy atom. The van der Waals surface area contributed by atoms with Gasteiger partial charge in [-0.3, -0.25) is 0 Å². The molecular formula is C18H24S. The molecule has 102 valence electrons. The molecule has 0 bridgehead atoms. The van der Waals surface area contributed by atoms with Crippen LogP contribution in [-0.2, 0) is 0 Å². The molecule has 19 heavy (non-hydrogen) atoms. The van der Waals surface area contributed by atoms with Gasteiger partial charge in [-0.15, -0.1) is 6.42 Å². The fourth-order valence-electron chi connectivity index (χ4n) is 1.51. The van der Waals surface area contributed by atoms with E-state index in [-0.39, 0.29) is 0 Å². The van der Waals surface area contributed by atoms with Crippen molar-refractivity contribution < 1.29 is 0 Å². The predicted molar refractivity (Wildman–Crippen MR) is 91.6 cm³/mol. The summed E-state index contributed by atoms with van der Waals surface area (Å²) in [6.07, 6.45) is 13.3. The third-order valence-corrected chi connectivity index (χ3v) is 2.78.